The lowest BCUT2D eigenvalue weighted by molar-refractivity contribution is -0.122. The molecular formula is C23H17NO4S2. The fourth-order valence-corrected chi connectivity index (χ4v) is 4.32. The fraction of sp³-hybridized carbons (Fsp3) is 0.0870. The van der Waals surface area contributed by atoms with E-state index in [-0.39, 0.29) is 11.5 Å². The molecule has 0 saturated carbocycles. The zero-order valence-corrected chi connectivity index (χ0v) is 17.6. The van der Waals surface area contributed by atoms with Gasteiger partial charge in [-0.3, -0.25) is 9.69 Å². The second-order valence-corrected chi connectivity index (χ2v) is 8.45. The van der Waals surface area contributed by atoms with E-state index in [1.54, 1.807) is 35.2 Å². The highest BCUT2D eigenvalue weighted by molar-refractivity contribution is 8.26. The summed E-state index contributed by atoms with van der Waals surface area (Å²) in [5.74, 6) is 0.00343. The minimum Gasteiger partial charge on any atom is -0.478 e. The average molecular weight is 436 g/mol. The van der Waals surface area contributed by atoms with Gasteiger partial charge in [0, 0.05) is 11.6 Å². The van der Waals surface area contributed by atoms with E-state index in [0.717, 1.165) is 16.7 Å². The highest BCUT2D eigenvalue weighted by Crippen LogP contribution is 2.34. The van der Waals surface area contributed by atoms with Crippen molar-refractivity contribution in [3.8, 4) is 11.3 Å². The third-order valence-electron chi connectivity index (χ3n) is 4.78. The van der Waals surface area contributed by atoms with Crippen LogP contribution in [0, 0.1) is 6.92 Å². The van der Waals surface area contributed by atoms with E-state index in [9.17, 15) is 9.59 Å². The Morgan fingerprint density at radius 2 is 1.87 bits per heavy atom. The predicted molar refractivity (Wildman–Crippen MR) is 121 cm³/mol. The zero-order valence-electron chi connectivity index (χ0n) is 16.0. The molecule has 30 heavy (non-hydrogen) atoms. The lowest BCUT2D eigenvalue weighted by Crippen LogP contribution is -2.27. The Hall–Kier alpha value is -3.16. The fourth-order valence-electron chi connectivity index (χ4n) is 3.09. The molecule has 1 aromatic heterocycles. The van der Waals surface area contributed by atoms with E-state index in [0.29, 0.717) is 27.3 Å². The second kappa shape index (κ2) is 8.30. The maximum absolute atomic E-state index is 12.9. The molecule has 2 aromatic carbocycles. The first-order valence-corrected chi connectivity index (χ1v) is 10.4. The number of rotatable bonds is 5. The zero-order chi connectivity index (χ0) is 21.3. The number of benzene rings is 2. The maximum Gasteiger partial charge on any atom is 0.335 e. The number of carboxylic acid groups (broad SMARTS) is 1. The van der Waals surface area contributed by atoms with E-state index in [1.165, 1.54) is 23.9 Å². The summed E-state index contributed by atoms with van der Waals surface area (Å²) in [6.45, 7) is 2.45. The molecular weight excluding hydrogens is 418 g/mol. The number of aromatic carboxylic acids is 1. The van der Waals surface area contributed by atoms with Crippen LogP contribution in [0.25, 0.3) is 17.4 Å². The van der Waals surface area contributed by atoms with E-state index in [2.05, 4.69) is 0 Å². The van der Waals surface area contributed by atoms with Crippen molar-refractivity contribution < 1.29 is 19.1 Å². The van der Waals surface area contributed by atoms with Gasteiger partial charge in [0.25, 0.3) is 5.91 Å². The van der Waals surface area contributed by atoms with Gasteiger partial charge in [-0.15, -0.1) is 0 Å². The molecule has 1 saturated heterocycles. The standard InChI is InChI=1S/C23H17NO4S2/c1-14-4-2-3-5-17(14)13-24-21(25)20(30-23(24)29)12-18-10-11-19(28-18)15-6-8-16(9-7-15)22(26)27/h2-12H,13H2,1H3,(H,26,27). The molecule has 4 rings (SSSR count). The minimum absolute atomic E-state index is 0.142. The Kier molecular flexibility index (Phi) is 5.57. The van der Waals surface area contributed by atoms with Gasteiger partial charge in [-0.1, -0.05) is 60.4 Å². The third-order valence-corrected chi connectivity index (χ3v) is 6.16. The van der Waals surface area contributed by atoms with Crippen molar-refractivity contribution in [2.24, 2.45) is 0 Å². The summed E-state index contributed by atoms with van der Waals surface area (Å²) in [5, 5.41) is 9.01. The molecule has 0 aliphatic carbocycles. The van der Waals surface area contributed by atoms with E-state index < -0.39 is 5.97 Å². The van der Waals surface area contributed by atoms with Gasteiger partial charge in [0.2, 0.25) is 0 Å². The number of aryl methyl sites for hydroxylation is 1. The molecule has 1 aliphatic heterocycles. The number of hydrogen-bond donors (Lipinski definition) is 1. The number of carbonyl (C=O) groups excluding carboxylic acids is 1. The normalized spacial score (nSPS) is 15.2. The SMILES string of the molecule is Cc1ccccc1CN1C(=O)C(=Cc2ccc(-c3ccc(C(=O)O)cc3)o2)SC1=S. The van der Waals surface area contributed by atoms with Gasteiger partial charge in [0.1, 0.15) is 15.8 Å². The molecule has 0 unspecified atom stereocenters. The molecule has 1 amide bonds. The number of carbonyl (C=O) groups is 2. The van der Waals surface area contributed by atoms with Crippen LogP contribution in [0.1, 0.15) is 27.2 Å². The molecule has 5 nitrogen and oxygen atoms in total. The van der Waals surface area contributed by atoms with Crippen molar-refractivity contribution in [3.63, 3.8) is 0 Å². The summed E-state index contributed by atoms with van der Waals surface area (Å²) in [5.41, 5.74) is 3.13. The van der Waals surface area contributed by atoms with Gasteiger partial charge in [0.05, 0.1) is 17.0 Å². The number of thioether (sulfide) groups is 1. The molecule has 2 heterocycles. The molecule has 1 fully saturated rings. The minimum atomic E-state index is -0.977. The Morgan fingerprint density at radius 1 is 1.13 bits per heavy atom. The summed E-state index contributed by atoms with van der Waals surface area (Å²) in [6.07, 6.45) is 1.69. The van der Waals surface area contributed by atoms with Crippen LogP contribution < -0.4 is 0 Å². The summed E-state index contributed by atoms with van der Waals surface area (Å²) in [4.78, 5) is 26.0. The van der Waals surface area contributed by atoms with Crippen molar-refractivity contribution in [2.75, 3.05) is 0 Å². The molecule has 0 bridgehead atoms. The summed E-state index contributed by atoms with van der Waals surface area (Å²) < 4.78 is 6.36. The first-order chi connectivity index (χ1) is 14.4. The first kappa shape index (κ1) is 20.1. The van der Waals surface area contributed by atoms with Crippen LogP contribution in [-0.2, 0) is 11.3 Å². The van der Waals surface area contributed by atoms with Crippen LogP contribution in [0.5, 0.6) is 0 Å². The number of amides is 1. The van der Waals surface area contributed by atoms with Crippen molar-refractivity contribution in [1.82, 2.24) is 4.90 Å². The summed E-state index contributed by atoms with van der Waals surface area (Å²) in [7, 11) is 0. The van der Waals surface area contributed by atoms with Gasteiger partial charge < -0.3 is 9.52 Å². The average Bonchev–Trinajstić information content (AvgIpc) is 3.30. The number of thiocarbonyl (C=S) groups is 1. The Labute approximate surface area is 183 Å². The molecule has 0 atom stereocenters. The van der Waals surface area contributed by atoms with Crippen molar-refractivity contribution >= 4 is 46.3 Å². The van der Waals surface area contributed by atoms with Gasteiger partial charge >= 0.3 is 5.97 Å². The van der Waals surface area contributed by atoms with Crippen molar-refractivity contribution in [3.05, 3.63) is 88.0 Å². The van der Waals surface area contributed by atoms with Gasteiger partial charge in [0.15, 0.2) is 0 Å². The smallest absolute Gasteiger partial charge is 0.335 e. The quantitative estimate of drug-likeness (QED) is 0.430. The van der Waals surface area contributed by atoms with E-state index >= 15 is 0 Å². The molecule has 3 aromatic rings. The van der Waals surface area contributed by atoms with Crippen LogP contribution in [0.3, 0.4) is 0 Å². The van der Waals surface area contributed by atoms with Gasteiger partial charge in [-0.25, -0.2) is 4.79 Å². The third kappa shape index (κ3) is 4.08. The highest BCUT2D eigenvalue weighted by Gasteiger charge is 2.32. The molecule has 1 aliphatic rings. The number of hydrogen-bond acceptors (Lipinski definition) is 5. The summed E-state index contributed by atoms with van der Waals surface area (Å²) in [6, 6.07) is 17.9. The highest BCUT2D eigenvalue weighted by atomic mass is 32.2. The number of furan rings is 1. The monoisotopic (exact) mass is 435 g/mol. The van der Waals surface area contributed by atoms with Crippen LogP contribution >= 0.6 is 24.0 Å². The Morgan fingerprint density at radius 3 is 2.57 bits per heavy atom. The number of carboxylic acids is 1. The lowest BCUT2D eigenvalue weighted by Gasteiger charge is -2.15. The summed E-state index contributed by atoms with van der Waals surface area (Å²) >= 11 is 6.67. The van der Waals surface area contributed by atoms with E-state index in [4.69, 9.17) is 21.7 Å². The lowest BCUT2D eigenvalue weighted by atomic mass is 10.1. The van der Waals surface area contributed by atoms with E-state index in [1.807, 2.05) is 31.2 Å². The Balaban J connectivity index is 1.53. The molecule has 150 valence electrons. The van der Waals surface area contributed by atoms with Crippen LogP contribution in [0.2, 0.25) is 0 Å². The van der Waals surface area contributed by atoms with Gasteiger partial charge in [-0.2, -0.15) is 0 Å². The van der Waals surface area contributed by atoms with Crippen molar-refractivity contribution in [2.45, 2.75) is 13.5 Å². The van der Waals surface area contributed by atoms with Crippen LogP contribution in [0.15, 0.2) is 70.0 Å². The first-order valence-electron chi connectivity index (χ1n) is 9.16. The molecule has 0 radical (unpaired) electrons. The predicted octanol–water partition coefficient (Wildman–Crippen LogP) is 5.35. The maximum atomic E-state index is 12.9. The van der Waals surface area contributed by atoms with Crippen LogP contribution in [-0.4, -0.2) is 26.2 Å². The van der Waals surface area contributed by atoms with Gasteiger partial charge in [-0.05, 0) is 42.3 Å². The number of nitrogens with zero attached hydrogens (tertiary/aromatic N) is 1. The molecule has 0 spiro atoms. The largest absolute Gasteiger partial charge is 0.478 e. The van der Waals surface area contributed by atoms with Crippen LogP contribution in [0.4, 0.5) is 0 Å². The second-order valence-electron chi connectivity index (χ2n) is 6.78. The topological polar surface area (TPSA) is 70.8 Å². The molecule has 1 N–H and O–H groups in total. The Bertz CT molecular complexity index is 1180. The van der Waals surface area contributed by atoms with Crippen molar-refractivity contribution in [1.29, 1.82) is 0 Å². The molecule has 7 heteroatoms.